The first-order chi connectivity index (χ1) is 9.15. The summed E-state index contributed by atoms with van der Waals surface area (Å²) in [6.45, 7) is 3.86. The van der Waals surface area contributed by atoms with E-state index < -0.39 is 5.97 Å². The van der Waals surface area contributed by atoms with Crippen molar-refractivity contribution in [2.75, 3.05) is 32.9 Å². The van der Waals surface area contributed by atoms with Gasteiger partial charge in [-0.2, -0.15) is 0 Å². The van der Waals surface area contributed by atoms with Gasteiger partial charge in [0.1, 0.15) is 0 Å². The van der Waals surface area contributed by atoms with Gasteiger partial charge in [0, 0.05) is 18.5 Å². The fourth-order valence-electron chi connectivity index (χ4n) is 1.73. The molecule has 1 saturated heterocycles. The van der Waals surface area contributed by atoms with Crippen LogP contribution in [-0.2, 0) is 25.5 Å². The molecule has 1 fully saturated rings. The van der Waals surface area contributed by atoms with Crippen LogP contribution in [0.3, 0.4) is 0 Å². The average molecular weight is 284 g/mol. The van der Waals surface area contributed by atoms with Crippen molar-refractivity contribution in [2.45, 2.75) is 13.3 Å². The van der Waals surface area contributed by atoms with Gasteiger partial charge >= 0.3 is 5.97 Å². The van der Waals surface area contributed by atoms with Gasteiger partial charge in [0.2, 0.25) is 0 Å². The first-order valence-electron chi connectivity index (χ1n) is 6.07. The molecule has 104 valence electrons. The quantitative estimate of drug-likeness (QED) is 0.748. The highest BCUT2D eigenvalue weighted by atomic mass is 32.1. The van der Waals surface area contributed by atoms with Gasteiger partial charge in [-0.3, -0.25) is 9.59 Å². The molecular formula is C12H16N2O4S. The van der Waals surface area contributed by atoms with E-state index in [-0.39, 0.29) is 18.9 Å². The van der Waals surface area contributed by atoms with Gasteiger partial charge in [0.05, 0.1) is 30.3 Å². The number of aryl methyl sites for hydroxylation is 1. The second-order valence-corrected chi connectivity index (χ2v) is 5.25. The number of thiazole rings is 1. The van der Waals surface area contributed by atoms with Crippen LogP contribution in [0.2, 0.25) is 0 Å². The number of nitrogens with zero attached hydrogens (tertiary/aromatic N) is 2. The molecule has 0 N–H and O–H groups in total. The van der Waals surface area contributed by atoms with Crippen LogP contribution >= 0.6 is 11.3 Å². The Morgan fingerprint density at radius 1 is 1.47 bits per heavy atom. The van der Waals surface area contributed by atoms with Crippen LogP contribution in [0.4, 0.5) is 0 Å². The normalized spacial score (nSPS) is 15.3. The third-order valence-electron chi connectivity index (χ3n) is 2.71. The molecule has 1 aromatic heterocycles. The van der Waals surface area contributed by atoms with Crippen molar-refractivity contribution in [3.05, 3.63) is 16.1 Å². The van der Waals surface area contributed by atoms with Crippen LogP contribution in [0.15, 0.2) is 5.38 Å². The summed E-state index contributed by atoms with van der Waals surface area (Å²) in [5, 5.41) is 2.73. The van der Waals surface area contributed by atoms with E-state index in [4.69, 9.17) is 9.47 Å². The van der Waals surface area contributed by atoms with Crippen LogP contribution in [0.25, 0.3) is 0 Å². The molecule has 19 heavy (non-hydrogen) atoms. The lowest BCUT2D eigenvalue weighted by molar-refractivity contribution is -0.153. The molecule has 0 radical (unpaired) electrons. The first-order valence-corrected chi connectivity index (χ1v) is 6.95. The van der Waals surface area contributed by atoms with E-state index in [1.165, 1.54) is 11.3 Å². The predicted molar refractivity (Wildman–Crippen MR) is 68.9 cm³/mol. The summed E-state index contributed by atoms with van der Waals surface area (Å²) >= 11 is 1.49. The lowest BCUT2D eigenvalue weighted by Gasteiger charge is -2.26. The number of amides is 1. The van der Waals surface area contributed by atoms with E-state index in [1.54, 1.807) is 4.90 Å². The van der Waals surface area contributed by atoms with Crippen molar-refractivity contribution in [3.8, 4) is 0 Å². The second kappa shape index (κ2) is 6.63. The monoisotopic (exact) mass is 284 g/mol. The van der Waals surface area contributed by atoms with Gasteiger partial charge in [-0.1, -0.05) is 0 Å². The van der Waals surface area contributed by atoms with Crippen LogP contribution in [-0.4, -0.2) is 54.7 Å². The van der Waals surface area contributed by atoms with E-state index >= 15 is 0 Å². The molecule has 1 aromatic rings. The Labute approximate surface area is 115 Å². The maximum absolute atomic E-state index is 11.7. The highest BCUT2D eigenvalue weighted by Gasteiger charge is 2.18. The van der Waals surface area contributed by atoms with Crippen LogP contribution in [0.1, 0.15) is 10.7 Å². The molecule has 2 heterocycles. The van der Waals surface area contributed by atoms with Gasteiger partial charge in [-0.25, -0.2) is 4.98 Å². The largest absolute Gasteiger partial charge is 0.455 e. The molecule has 1 aliphatic rings. The Kier molecular flexibility index (Phi) is 4.86. The summed E-state index contributed by atoms with van der Waals surface area (Å²) < 4.78 is 10.1. The van der Waals surface area contributed by atoms with Crippen molar-refractivity contribution in [2.24, 2.45) is 0 Å². The van der Waals surface area contributed by atoms with E-state index in [0.29, 0.717) is 32.0 Å². The molecule has 1 aliphatic heterocycles. The van der Waals surface area contributed by atoms with E-state index in [9.17, 15) is 9.59 Å². The zero-order valence-corrected chi connectivity index (χ0v) is 11.6. The van der Waals surface area contributed by atoms with Crippen molar-refractivity contribution in [1.29, 1.82) is 0 Å². The highest BCUT2D eigenvalue weighted by Crippen LogP contribution is 2.09. The molecule has 6 nitrogen and oxygen atoms in total. The number of carbonyl (C=O) groups excluding carboxylic acids is 2. The van der Waals surface area contributed by atoms with Crippen LogP contribution in [0, 0.1) is 6.92 Å². The fraction of sp³-hybridized carbons (Fsp3) is 0.583. The Hall–Kier alpha value is -1.47. The zero-order valence-electron chi connectivity index (χ0n) is 10.8. The topological polar surface area (TPSA) is 68.7 Å². The highest BCUT2D eigenvalue weighted by molar-refractivity contribution is 7.09. The Bertz CT molecular complexity index is 454. The standard InChI is InChI=1S/C12H16N2O4S/c1-9-13-10(8-19-9)6-12(16)18-7-11(15)14-2-4-17-5-3-14/h8H,2-7H2,1H3. The molecule has 0 unspecified atom stereocenters. The molecule has 0 bridgehead atoms. The van der Waals surface area contributed by atoms with E-state index in [1.807, 2.05) is 12.3 Å². The molecule has 2 rings (SSSR count). The Morgan fingerprint density at radius 3 is 2.84 bits per heavy atom. The maximum Gasteiger partial charge on any atom is 0.312 e. The van der Waals surface area contributed by atoms with Gasteiger partial charge in [0.25, 0.3) is 5.91 Å². The Balaban J connectivity index is 1.72. The molecular weight excluding hydrogens is 268 g/mol. The molecule has 0 aliphatic carbocycles. The Morgan fingerprint density at radius 2 is 2.21 bits per heavy atom. The molecule has 0 spiro atoms. The number of morpholine rings is 1. The summed E-state index contributed by atoms with van der Waals surface area (Å²) in [6.07, 6.45) is 0.112. The van der Waals surface area contributed by atoms with E-state index in [0.717, 1.165) is 5.01 Å². The van der Waals surface area contributed by atoms with Gasteiger partial charge in [-0.05, 0) is 6.92 Å². The van der Waals surface area contributed by atoms with Gasteiger partial charge in [-0.15, -0.1) is 11.3 Å². The number of aromatic nitrogens is 1. The number of ether oxygens (including phenoxy) is 2. The summed E-state index contributed by atoms with van der Waals surface area (Å²) in [7, 11) is 0. The summed E-state index contributed by atoms with van der Waals surface area (Å²) in [4.78, 5) is 29.1. The fourth-order valence-corrected chi connectivity index (χ4v) is 2.35. The lowest BCUT2D eigenvalue weighted by atomic mass is 10.3. The molecule has 1 amide bonds. The van der Waals surface area contributed by atoms with Crippen molar-refractivity contribution < 1.29 is 19.1 Å². The van der Waals surface area contributed by atoms with Crippen molar-refractivity contribution in [3.63, 3.8) is 0 Å². The lowest BCUT2D eigenvalue weighted by Crippen LogP contribution is -2.42. The minimum Gasteiger partial charge on any atom is -0.455 e. The summed E-state index contributed by atoms with van der Waals surface area (Å²) in [5.41, 5.74) is 0.686. The van der Waals surface area contributed by atoms with E-state index in [2.05, 4.69) is 4.98 Å². The third-order valence-corrected chi connectivity index (χ3v) is 3.53. The first kappa shape index (κ1) is 14.0. The van der Waals surface area contributed by atoms with Gasteiger partial charge in [0.15, 0.2) is 6.61 Å². The molecule has 7 heteroatoms. The number of hydrogen-bond acceptors (Lipinski definition) is 6. The zero-order chi connectivity index (χ0) is 13.7. The number of carbonyl (C=O) groups is 2. The predicted octanol–water partition coefficient (Wildman–Crippen LogP) is 0.396. The number of hydrogen-bond donors (Lipinski definition) is 0. The van der Waals surface area contributed by atoms with Crippen molar-refractivity contribution >= 4 is 23.2 Å². The molecule has 0 saturated carbocycles. The number of rotatable bonds is 4. The van der Waals surface area contributed by atoms with Crippen LogP contribution < -0.4 is 0 Å². The van der Waals surface area contributed by atoms with Gasteiger partial charge < -0.3 is 14.4 Å². The van der Waals surface area contributed by atoms with Crippen molar-refractivity contribution in [1.82, 2.24) is 9.88 Å². The second-order valence-electron chi connectivity index (χ2n) is 4.19. The SMILES string of the molecule is Cc1nc(CC(=O)OCC(=O)N2CCOCC2)cs1. The summed E-state index contributed by atoms with van der Waals surface area (Å²) in [6, 6.07) is 0. The number of esters is 1. The molecule has 0 aromatic carbocycles. The summed E-state index contributed by atoms with van der Waals surface area (Å²) in [5.74, 6) is -0.599. The average Bonchev–Trinajstić information content (AvgIpc) is 2.82. The molecule has 0 atom stereocenters. The smallest absolute Gasteiger partial charge is 0.312 e. The third kappa shape index (κ3) is 4.29. The maximum atomic E-state index is 11.7. The minimum absolute atomic E-state index is 0.112. The van der Waals surface area contributed by atoms with Crippen LogP contribution in [0.5, 0.6) is 0 Å². The minimum atomic E-state index is -0.424.